The number of amides is 1. The highest BCUT2D eigenvalue weighted by atomic mass is 16.1. The third-order valence-electron chi connectivity index (χ3n) is 4.43. The molecule has 5 heteroatoms. The summed E-state index contributed by atoms with van der Waals surface area (Å²) in [6.07, 6.45) is 2.79. The summed E-state index contributed by atoms with van der Waals surface area (Å²) < 4.78 is 0. The van der Waals surface area contributed by atoms with Crippen molar-refractivity contribution in [2.24, 2.45) is 0 Å². The van der Waals surface area contributed by atoms with Crippen LogP contribution in [0.15, 0.2) is 54.7 Å². The molecule has 5 nitrogen and oxygen atoms in total. The molecule has 0 bridgehead atoms. The second-order valence-electron chi connectivity index (χ2n) is 6.70. The summed E-state index contributed by atoms with van der Waals surface area (Å²) in [7, 11) is 0. The molecule has 0 spiro atoms. The number of hydrogen-bond donors (Lipinski definition) is 3. The number of carbonyl (C=O) groups excluding carboxylic acids is 1. The molecule has 0 saturated carbocycles. The van der Waals surface area contributed by atoms with E-state index >= 15 is 0 Å². The van der Waals surface area contributed by atoms with Crippen LogP contribution in [0.5, 0.6) is 0 Å². The van der Waals surface area contributed by atoms with Gasteiger partial charge < -0.3 is 10.6 Å². The summed E-state index contributed by atoms with van der Waals surface area (Å²) >= 11 is 0. The maximum atomic E-state index is 12.1. The minimum Gasteiger partial charge on any atom is -0.352 e. The first-order chi connectivity index (χ1) is 13.2. The Balaban J connectivity index is 1.60. The Kier molecular flexibility index (Phi) is 6.39. The predicted molar refractivity (Wildman–Crippen MR) is 108 cm³/mol. The smallest absolute Gasteiger partial charge is 0.251 e. The molecule has 27 heavy (non-hydrogen) atoms. The highest BCUT2D eigenvalue weighted by molar-refractivity contribution is 5.94. The standard InChI is InChI=1S/C22H26N4O/c1-3-11-24-22(27)19-6-4-5-17(12-19)13-23-14-20-15-25-26-21(20)18-9-7-16(2)8-10-18/h4-10,12,15,23H,3,11,13-14H2,1-2H3,(H,24,27)(H,25,26). The summed E-state index contributed by atoms with van der Waals surface area (Å²) in [4.78, 5) is 12.1. The number of benzene rings is 2. The second-order valence-corrected chi connectivity index (χ2v) is 6.70. The van der Waals surface area contributed by atoms with Crippen LogP contribution in [0.3, 0.4) is 0 Å². The van der Waals surface area contributed by atoms with Crippen LogP contribution < -0.4 is 10.6 Å². The van der Waals surface area contributed by atoms with E-state index in [9.17, 15) is 4.79 Å². The van der Waals surface area contributed by atoms with Gasteiger partial charge >= 0.3 is 0 Å². The van der Waals surface area contributed by atoms with E-state index in [1.165, 1.54) is 5.56 Å². The van der Waals surface area contributed by atoms with Crippen molar-refractivity contribution in [1.82, 2.24) is 20.8 Å². The van der Waals surface area contributed by atoms with E-state index in [0.29, 0.717) is 25.2 Å². The Hall–Kier alpha value is -2.92. The number of aryl methyl sites for hydroxylation is 1. The molecule has 140 valence electrons. The van der Waals surface area contributed by atoms with Gasteiger partial charge in [0.25, 0.3) is 5.91 Å². The number of hydrogen-bond acceptors (Lipinski definition) is 3. The quantitative estimate of drug-likeness (QED) is 0.571. The molecule has 3 aromatic rings. The number of carbonyl (C=O) groups is 1. The average Bonchev–Trinajstić information content (AvgIpc) is 3.15. The number of nitrogens with one attached hydrogen (secondary N) is 3. The Labute approximate surface area is 160 Å². The molecule has 0 unspecified atom stereocenters. The van der Waals surface area contributed by atoms with Crippen molar-refractivity contribution in [3.8, 4) is 11.3 Å². The number of nitrogens with zero attached hydrogens (tertiary/aromatic N) is 1. The van der Waals surface area contributed by atoms with E-state index in [4.69, 9.17) is 0 Å². The lowest BCUT2D eigenvalue weighted by atomic mass is 10.1. The van der Waals surface area contributed by atoms with Crippen molar-refractivity contribution in [3.05, 3.63) is 77.0 Å². The highest BCUT2D eigenvalue weighted by Gasteiger charge is 2.08. The third-order valence-corrected chi connectivity index (χ3v) is 4.43. The number of rotatable bonds is 8. The van der Waals surface area contributed by atoms with E-state index in [-0.39, 0.29) is 5.91 Å². The number of aromatic amines is 1. The Morgan fingerprint density at radius 3 is 2.70 bits per heavy atom. The normalized spacial score (nSPS) is 10.7. The van der Waals surface area contributed by atoms with Gasteiger partial charge in [-0.15, -0.1) is 0 Å². The largest absolute Gasteiger partial charge is 0.352 e. The molecule has 1 amide bonds. The van der Waals surface area contributed by atoms with Gasteiger partial charge in [0.1, 0.15) is 0 Å². The first-order valence-corrected chi connectivity index (χ1v) is 9.34. The van der Waals surface area contributed by atoms with Crippen molar-refractivity contribution in [1.29, 1.82) is 0 Å². The first-order valence-electron chi connectivity index (χ1n) is 9.34. The molecular weight excluding hydrogens is 336 g/mol. The van der Waals surface area contributed by atoms with E-state index in [1.807, 2.05) is 37.4 Å². The van der Waals surface area contributed by atoms with Crippen molar-refractivity contribution in [2.75, 3.05) is 6.54 Å². The lowest BCUT2D eigenvalue weighted by molar-refractivity contribution is 0.0953. The van der Waals surface area contributed by atoms with Gasteiger partial charge in [0.05, 0.1) is 11.9 Å². The van der Waals surface area contributed by atoms with E-state index in [2.05, 4.69) is 52.0 Å². The first kappa shape index (κ1) is 18.9. The van der Waals surface area contributed by atoms with Crippen molar-refractivity contribution < 1.29 is 4.79 Å². The van der Waals surface area contributed by atoms with Crippen molar-refractivity contribution in [3.63, 3.8) is 0 Å². The topological polar surface area (TPSA) is 69.8 Å². The van der Waals surface area contributed by atoms with Gasteiger partial charge in [-0.2, -0.15) is 5.10 Å². The van der Waals surface area contributed by atoms with Crippen LogP contribution in [0, 0.1) is 6.92 Å². The van der Waals surface area contributed by atoms with Gasteiger partial charge in [0.15, 0.2) is 0 Å². The van der Waals surface area contributed by atoms with Crippen molar-refractivity contribution >= 4 is 5.91 Å². The molecule has 0 atom stereocenters. The van der Waals surface area contributed by atoms with Crippen LogP contribution in [0.1, 0.15) is 40.4 Å². The molecule has 0 radical (unpaired) electrons. The lowest BCUT2D eigenvalue weighted by Gasteiger charge is -2.08. The molecule has 1 heterocycles. The summed E-state index contributed by atoms with van der Waals surface area (Å²) in [5.74, 6) is -0.0183. The molecule has 3 rings (SSSR count). The monoisotopic (exact) mass is 362 g/mol. The Morgan fingerprint density at radius 2 is 1.93 bits per heavy atom. The highest BCUT2D eigenvalue weighted by Crippen LogP contribution is 2.21. The fourth-order valence-corrected chi connectivity index (χ4v) is 2.92. The minimum absolute atomic E-state index is 0.0183. The zero-order valence-electron chi connectivity index (χ0n) is 15.9. The van der Waals surface area contributed by atoms with Crippen LogP contribution in [0.25, 0.3) is 11.3 Å². The SMILES string of the molecule is CCCNC(=O)c1cccc(CNCc2cn[nH]c2-c2ccc(C)cc2)c1. The van der Waals surface area contributed by atoms with Crippen LogP contribution in [-0.4, -0.2) is 22.6 Å². The summed E-state index contributed by atoms with van der Waals surface area (Å²) in [5, 5.41) is 13.6. The number of H-pyrrole nitrogens is 1. The minimum atomic E-state index is -0.0183. The molecule has 2 aromatic carbocycles. The van der Waals surface area contributed by atoms with Gasteiger partial charge in [-0.3, -0.25) is 9.89 Å². The number of aromatic nitrogens is 2. The maximum Gasteiger partial charge on any atom is 0.251 e. The van der Waals surface area contributed by atoms with E-state index < -0.39 is 0 Å². The van der Waals surface area contributed by atoms with E-state index in [1.54, 1.807) is 0 Å². The summed E-state index contributed by atoms with van der Waals surface area (Å²) in [6, 6.07) is 16.1. The van der Waals surface area contributed by atoms with Crippen LogP contribution in [0.2, 0.25) is 0 Å². The Morgan fingerprint density at radius 1 is 1.11 bits per heavy atom. The maximum absolute atomic E-state index is 12.1. The molecule has 3 N–H and O–H groups in total. The fourth-order valence-electron chi connectivity index (χ4n) is 2.92. The predicted octanol–water partition coefficient (Wildman–Crippen LogP) is 3.81. The molecule has 0 aliphatic rings. The van der Waals surface area contributed by atoms with Gasteiger partial charge in [0.2, 0.25) is 0 Å². The van der Waals surface area contributed by atoms with Gasteiger partial charge in [-0.05, 0) is 36.6 Å². The molecule has 0 saturated heterocycles. The lowest BCUT2D eigenvalue weighted by Crippen LogP contribution is -2.24. The Bertz CT molecular complexity index is 883. The molecule has 0 aliphatic heterocycles. The molecule has 0 aliphatic carbocycles. The van der Waals surface area contributed by atoms with E-state index in [0.717, 1.165) is 28.8 Å². The van der Waals surface area contributed by atoms with Gasteiger partial charge in [0, 0.05) is 30.8 Å². The van der Waals surface area contributed by atoms with Crippen LogP contribution in [0.4, 0.5) is 0 Å². The third kappa shape index (κ3) is 5.05. The van der Waals surface area contributed by atoms with Gasteiger partial charge in [-0.25, -0.2) is 0 Å². The summed E-state index contributed by atoms with van der Waals surface area (Å²) in [5.41, 5.74) is 6.31. The second kappa shape index (κ2) is 9.14. The zero-order chi connectivity index (χ0) is 19.1. The summed E-state index contributed by atoms with van der Waals surface area (Å²) in [6.45, 7) is 6.21. The average molecular weight is 362 g/mol. The molecule has 1 aromatic heterocycles. The van der Waals surface area contributed by atoms with Crippen LogP contribution >= 0.6 is 0 Å². The fraction of sp³-hybridized carbons (Fsp3) is 0.273. The van der Waals surface area contributed by atoms with Crippen LogP contribution in [-0.2, 0) is 13.1 Å². The zero-order valence-corrected chi connectivity index (χ0v) is 15.9. The molecule has 0 fully saturated rings. The van der Waals surface area contributed by atoms with Crippen molar-refractivity contribution in [2.45, 2.75) is 33.4 Å². The van der Waals surface area contributed by atoms with Gasteiger partial charge in [-0.1, -0.05) is 48.9 Å². The molecular formula is C22H26N4O.